The Morgan fingerprint density at radius 3 is 1.48 bits per heavy atom. The topological polar surface area (TPSA) is 78.9 Å². The van der Waals surface area contributed by atoms with Crippen LogP contribution in [0.1, 0.15) is 31.1 Å². The molecule has 0 N–H and O–H groups in total. The summed E-state index contributed by atoms with van der Waals surface area (Å²) in [4.78, 5) is 36.1. The van der Waals surface area contributed by atoms with Crippen molar-refractivity contribution in [2.24, 2.45) is 0 Å². The molecule has 0 amide bonds. The first-order valence-corrected chi connectivity index (χ1v) is 10.6. The Kier molecular flexibility index (Phi) is 6.74. The third-order valence-electron chi connectivity index (χ3n) is 3.34. The molecule has 3 rings (SSSR count). The SMILES string of the molecule is O=C(OCC(COC(=O)c1ccsc1)OC(=O)c1ccsc1)c1ccsc1. The summed E-state index contributed by atoms with van der Waals surface area (Å²) in [6.07, 6.45) is -0.914. The number of carbonyl (C=O) groups is 3. The van der Waals surface area contributed by atoms with Crippen LogP contribution in [0.25, 0.3) is 0 Å². The van der Waals surface area contributed by atoms with Gasteiger partial charge in [-0.3, -0.25) is 0 Å². The van der Waals surface area contributed by atoms with Gasteiger partial charge in [-0.2, -0.15) is 34.0 Å². The van der Waals surface area contributed by atoms with E-state index < -0.39 is 24.0 Å². The first kappa shape index (κ1) is 19.3. The highest BCUT2D eigenvalue weighted by Gasteiger charge is 2.21. The van der Waals surface area contributed by atoms with Gasteiger partial charge in [-0.25, -0.2) is 14.4 Å². The summed E-state index contributed by atoms with van der Waals surface area (Å²) in [5.74, 6) is -1.63. The average molecular weight is 423 g/mol. The Labute approximate surface area is 166 Å². The van der Waals surface area contributed by atoms with Gasteiger partial charge >= 0.3 is 17.9 Å². The molecule has 0 saturated heterocycles. The normalized spacial score (nSPS) is 10.6. The first-order chi connectivity index (χ1) is 13.1. The molecule has 0 fully saturated rings. The molecule has 0 aliphatic heterocycles. The zero-order chi connectivity index (χ0) is 19.1. The van der Waals surface area contributed by atoms with Gasteiger partial charge in [0.25, 0.3) is 0 Å². The summed E-state index contributed by atoms with van der Waals surface area (Å²) in [5.41, 5.74) is 1.22. The van der Waals surface area contributed by atoms with Crippen molar-refractivity contribution in [3.63, 3.8) is 0 Å². The van der Waals surface area contributed by atoms with Crippen molar-refractivity contribution in [3.05, 3.63) is 67.2 Å². The van der Waals surface area contributed by atoms with E-state index in [-0.39, 0.29) is 13.2 Å². The first-order valence-electron chi connectivity index (χ1n) is 7.75. The Morgan fingerprint density at radius 1 is 0.704 bits per heavy atom. The standard InChI is InChI=1S/C18H14O6S3/c19-16(12-1-4-25-9-12)22-7-15(24-18(21)14-3-6-27-11-14)8-23-17(20)13-2-5-26-10-13/h1-6,9-11,15H,7-8H2. The molecular weight excluding hydrogens is 408 g/mol. The van der Waals surface area contributed by atoms with Crippen LogP contribution >= 0.6 is 34.0 Å². The molecule has 3 aromatic rings. The van der Waals surface area contributed by atoms with Crippen molar-refractivity contribution < 1.29 is 28.6 Å². The van der Waals surface area contributed by atoms with Crippen molar-refractivity contribution in [2.45, 2.75) is 6.10 Å². The molecule has 0 saturated carbocycles. The van der Waals surface area contributed by atoms with Gasteiger partial charge in [0.05, 0.1) is 16.7 Å². The van der Waals surface area contributed by atoms with E-state index in [1.165, 1.54) is 34.0 Å². The van der Waals surface area contributed by atoms with E-state index in [0.717, 1.165) is 0 Å². The molecule has 6 nitrogen and oxygen atoms in total. The van der Waals surface area contributed by atoms with Gasteiger partial charge < -0.3 is 14.2 Å². The summed E-state index contributed by atoms with van der Waals surface area (Å²) in [7, 11) is 0. The molecule has 0 aromatic carbocycles. The lowest BCUT2D eigenvalue weighted by atomic mass is 10.3. The second kappa shape index (κ2) is 9.45. The van der Waals surface area contributed by atoms with E-state index in [9.17, 15) is 14.4 Å². The average Bonchev–Trinajstić information content (AvgIpc) is 3.45. The van der Waals surface area contributed by atoms with Crippen LogP contribution in [0.5, 0.6) is 0 Å². The van der Waals surface area contributed by atoms with Crippen LogP contribution in [-0.2, 0) is 14.2 Å². The van der Waals surface area contributed by atoms with Crippen molar-refractivity contribution in [2.75, 3.05) is 13.2 Å². The fourth-order valence-corrected chi connectivity index (χ4v) is 3.86. The molecule has 3 heterocycles. The zero-order valence-electron chi connectivity index (χ0n) is 13.9. The molecule has 0 atom stereocenters. The van der Waals surface area contributed by atoms with Crippen molar-refractivity contribution in [3.8, 4) is 0 Å². The van der Waals surface area contributed by atoms with Gasteiger partial charge in [0.1, 0.15) is 13.2 Å². The molecule has 27 heavy (non-hydrogen) atoms. The minimum absolute atomic E-state index is 0.221. The van der Waals surface area contributed by atoms with Gasteiger partial charge in [0.2, 0.25) is 0 Å². The maximum absolute atomic E-state index is 12.2. The maximum atomic E-state index is 12.2. The van der Waals surface area contributed by atoms with Crippen LogP contribution in [0.3, 0.4) is 0 Å². The molecule has 0 bridgehead atoms. The molecule has 3 aromatic heterocycles. The van der Waals surface area contributed by atoms with Crippen molar-refractivity contribution in [1.82, 2.24) is 0 Å². The molecule has 0 spiro atoms. The smallest absolute Gasteiger partial charge is 0.339 e. The van der Waals surface area contributed by atoms with Crippen molar-refractivity contribution in [1.29, 1.82) is 0 Å². The minimum Gasteiger partial charge on any atom is -0.458 e. The summed E-state index contributed by atoms with van der Waals surface area (Å²) < 4.78 is 15.7. The number of esters is 3. The Bertz CT molecular complexity index is 818. The van der Waals surface area contributed by atoms with E-state index >= 15 is 0 Å². The third kappa shape index (κ3) is 5.49. The van der Waals surface area contributed by atoms with E-state index in [1.807, 2.05) is 0 Å². The highest BCUT2D eigenvalue weighted by atomic mass is 32.1. The Balaban J connectivity index is 1.59. The van der Waals surface area contributed by atoms with Gasteiger partial charge in [-0.05, 0) is 34.3 Å². The fraction of sp³-hybridized carbons (Fsp3) is 0.167. The summed E-state index contributed by atoms with van der Waals surface area (Å²) in [6, 6.07) is 4.89. The maximum Gasteiger partial charge on any atom is 0.339 e. The molecule has 0 aliphatic carbocycles. The predicted octanol–water partition coefficient (Wildman–Crippen LogP) is 4.11. The number of rotatable bonds is 8. The van der Waals surface area contributed by atoms with Crippen LogP contribution in [-0.4, -0.2) is 37.2 Å². The van der Waals surface area contributed by atoms with Crippen molar-refractivity contribution >= 4 is 51.9 Å². The minimum atomic E-state index is -0.914. The van der Waals surface area contributed by atoms with Gasteiger partial charge in [-0.1, -0.05) is 0 Å². The molecular formula is C18H14O6S3. The van der Waals surface area contributed by atoms with Crippen LogP contribution in [0.15, 0.2) is 50.5 Å². The second-order valence-electron chi connectivity index (χ2n) is 5.26. The molecule has 140 valence electrons. The second-order valence-corrected chi connectivity index (χ2v) is 7.60. The van der Waals surface area contributed by atoms with Crippen LogP contribution < -0.4 is 0 Å². The zero-order valence-corrected chi connectivity index (χ0v) is 16.3. The van der Waals surface area contributed by atoms with Crippen LogP contribution in [0.2, 0.25) is 0 Å². The van der Waals surface area contributed by atoms with E-state index in [2.05, 4.69) is 0 Å². The van der Waals surface area contributed by atoms with Crippen LogP contribution in [0, 0.1) is 0 Å². The van der Waals surface area contributed by atoms with Gasteiger partial charge in [0.15, 0.2) is 6.10 Å². The number of carbonyl (C=O) groups excluding carboxylic acids is 3. The lowest BCUT2D eigenvalue weighted by Gasteiger charge is -2.17. The molecule has 9 heteroatoms. The predicted molar refractivity (Wildman–Crippen MR) is 103 cm³/mol. The quantitative estimate of drug-likeness (QED) is 0.402. The molecule has 0 radical (unpaired) electrons. The van der Waals surface area contributed by atoms with E-state index in [0.29, 0.717) is 16.7 Å². The number of hydrogen-bond acceptors (Lipinski definition) is 9. The lowest BCUT2D eigenvalue weighted by Crippen LogP contribution is -2.30. The van der Waals surface area contributed by atoms with Gasteiger partial charge in [0, 0.05) is 16.1 Å². The number of hydrogen-bond donors (Lipinski definition) is 0. The summed E-state index contributed by atoms with van der Waals surface area (Å²) in [6.45, 7) is -0.442. The highest BCUT2D eigenvalue weighted by Crippen LogP contribution is 2.13. The summed E-state index contributed by atoms with van der Waals surface area (Å²) >= 11 is 4.10. The third-order valence-corrected chi connectivity index (χ3v) is 5.39. The Morgan fingerprint density at radius 2 is 1.11 bits per heavy atom. The van der Waals surface area contributed by atoms with E-state index in [4.69, 9.17) is 14.2 Å². The summed E-state index contributed by atoms with van der Waals surface area (Å²) in [5, 5.41) is 10.2. The van der Waals surface area contributed by atoms with Gasteiger partial charge in [-0.15, -0.1) is 0 Å². The molecule has 0 aliphatic rings. The Hall–Kier alpha value is -2.49. The largest absolute Gasteiger partial charge is 0.458 e. The van der Waals surface area contributed by atoms with Crippen LogP contribution in [0.4, 0.5) is 0 Å². The molecule has 0 unspecified atom stereocenters. The number of thiophene rings is 3. The monoisotopic (exact) mass is 422 g/mol. The highest BCUT2D eigenvalue weighted by molar-refractivity contribution is 7.08. The van der Waals surface area contributed by atoms with E-state index in [1.54, 1.807) is 50.5 Å². The lowest BCUT2D eigenvalue weighted by molar-refractivity contribution is -0.0253. The number of ether oxygens (including phenoxy) is 3. The fourth-order valence-electron chi connectivity index (χ4n) is 1.98.